The van der Waals surface area contributed by atoms with Gasteiger partial charge in [0.15, 0.2) is 0 Å². The second kappa shape index (κ2) is 5.19. The fraction of sp³-hybridized carbons (Fsp3) is 0.0769. The summed E-state index contributed by atoms with van der Waals surface area (Å²) in [5, 5.41) is 1.22. The van der Waals surface area contributed by atoms with E-state index in [1.165, 1.54) is 10.8 Å². The number of benzene rings is 2. The topological polar surface area (TPSA) is 12.0 Å². The molecule has 0 aliphatic rings. The molecule has 1 radical (unpaired) electrons. The number of halogens is 1. The standard InChI is InChI=1S/C13H13ClNSi/c1-11-7-5-6-10-13(11)16(14)15-12-8-3-2-4-9-12/h2-10,15H,1H3. The number of aryl methyl sites for hydroxylation is 1. The molecule has 81 valence electrons. The Morgan fingerprint density at radius 1 is 0.938 bits per heavy atom. The van der Waals surface area contributed by atoms with Crippen LogP contribution in [0.4, 0.5) is 5.69 Å². The average Bonchev–Trinajstić information content (AvgIpc) is 2.31. The van der Waals surface area contributed by atoms with Gasteiger partial charge >= 0.3 is 8.27 Å². The van der Waals surface area contributed by atoms with Crippen LogP contribution < -0.4 is 10.2 Å². The molecule has 1 N–H and O–H groups in total. The number of anilines is 1. The smallest absolute Gasteiger partial charge is 0.316 e. The van der Waals surface area contributed by atoms with Crippen LogP contribution in [0, 0.1) is 6.92 Å². The lowest BCUT2D eigenvalue weighted by molar-refractivity contribution is 1.51. The van der Waals surface area contributed by atoms with Gasteiger partial charge in [-0.3, -0.25) is 0 Å². The molecule has 0 amide bonds. The third kappa shape index (κ3) is 2.65. The third-order valence-corrected chi connectivity index (χ3v) is 4.85. The first-order valence-electron chi connectivity index (χ1n) is 5.18. The van der Waals surface area contributed by atoms with E-state index in [0.29, 0.717) is 0 Å². The Balaban J connectivity index is 2.15. The molecule has 0 atom stereocenters. The van der Waals surface area contributed by atoms with Crippen molar-refractivity contribution in [1.82, 2.24) is 0 Å². The Morgan fingerprint density at radius 3 is 2.25 bits per heavy atom. The van der Waals surface area contributed by atoms with Crippen molar-refractivity contribution < 1.29 is 0 Å². The first-order valence-corrected chi connectivity index (χ1v) is 7.69. The third-order valence-electron chi connectivity index (χ3n) is 2.41. The van der Waals surface area contributed by atoms with E-state index in [9.17, 15) is 0 Å². The number of hydrogen-bond acceptors (Lipinski definition) is 1. The van der Waals surface area contributed by atoms with Crippen LogP contribution in [0.15, 0.2) is 54.6 Å². The first kappa shape index (κ1) is 11.2. The van der Waals surface area contributed by atoms with Crippen LogP contribution in [0.3, 0.4) is 0 Å². The maximum Gasteiger partial charge on any atom is 0.316 e. The summed E-state index contributed by atoms with van der Waals surface area (Å²) in [6, 6.07) is 18.3. The quantitative estimate of drug-likeness (QED) is 0.649. The van der Waals surface area contributed by atoms with Crippen LogP contribution in [0.5, 0.6) is 0 Å². The number of nitrogens with one attached hydrogen (secondary N) is 1. The fourth-order valence-corrected chi connectivity index (χ4v) is 3.73. The van der Waals surface area contributed by atoms with Crippen LogP contribution >= 0.6 is 11.1 Å². The molecule has 2 rings (SSSR count). The average molecular weight is 247 g/mol. The number of hydrogen-bond donors (Lipinski definition) is 1. The number of rotatable bonds is 3. The Labute approximate surface area is 102 Å². The zero-order valence-electron chi connectivity index (χ0n) is 9.07. The van der Waals surface area contributed by atoms with E-state index < -0.39 is 8.27 Å². The normalized spacial score (nSPS) is 10.4. The summed E-state index contributed by atoms with van der Waals surface area (Å²) >= 11 is 6.44. The minimum absolute atomic E-state index is 1.08. The largest absolute Gasteiger partial charge is 0.395 e. The van der Waals surface area contributed by atoms with Gasteiger partial charge in [-0.1, -0.05) is 42.5 Å². The molecule has 0 fully saturated rings. The summed E-state index contributed by atoms with van der Waals surface area (Å²) in [4.78, 5) is 3.37. The van der Waals surface area contributed by atoms with Crippen LogP contribution in [0.1, 0.15) is 5.56 Å². The zero-order chi connectivity index (χ0) is 11.4. The molecule has 0 heterocycles. The molecule has 3 heteroatoms. The SMILES string of the molecule is Cc1ccccc1[Si](Cl)Nc1ccccc1. The van der Waals surface area contributed by atoms with Crippen molar-refractivity contribution in [2.75, 3.05) is 4.98 Å². The van der Waals surface area contributed by atoms with Gasteiger partial charge in [0.25, 0.3) is 0 Å². The first-order chi connectivity index (χ1) is 7.77. The summed E-state index contributed by atoms with van der Waals surface area (Å²) in [6.45, 7) is 2.09. The van der Waals surface area contributed by atoms with Crippen LogP contribution in [-0.4, -0.2) is 8.27 Å². The lowest BCUT2D eigenvalue weighted by atomic mass is 10.2. The van der Waals surface area contributed by atoms with Gasteiger partial charge in [0.1, 0.15) is 0 Å². The number of para-hydroxylation sites is 1. The van der Waals surface area contributed by atoms with E-state index in [2.05, 4.69) is 24.0 Å². The Morgan fingerprint density at radius 2 is 1.56 bits per heavy atom. The highest BCUT2D eigenvalue weighted by atomic mass is 35.6. The van der Waals surface area contributed by atoms with Crippen molar-refractivity contribution in [3.8, 4) is 0 Å². The minimum Gasteiger partial charge on any atom is -0.395 e. The van der Waals surface area contributed by atoms with Gasteiger partial charge in [0, 0.05) is 5.69 Å². The highest BCUT2D eigenvalue weighted by molar-refractivity contribution is 7.16. The lowest BCUT2D eigenvalue weighted by Crippen LogP contribution is -2.34. The monoisotopic (exact) mass is 246 g/mol. The Bertz CT molecular complexity index is 458. The molecule has 2 aromatic carbocycles. The predicted octanol–water partition coefficient (Wildman–Crippen LogP) is 3.04. The molecule has 0 aromatic heterocycles. The van der Waals surface area contributed by atoms with Crippen molar-refractivity contribution in [2.45, 2.75) is 6.92 Å². The molecular weight excluding hydrogens is 234 g/mol. The van der Waals surface area contributed by atoms with E-state index in [1.807, 2.05) is 42.5 Å². The minimum atomic E-state index is -1.23. The predicted molar refractivity (Wildman–Crippen MR) is 72.5 cm³/mol. The van der Waals surface area contributed by atoms with Gasteiger partial charge in [0.05, 0.1) is 0 Å². The molecule has 0 unspecified atom stereocenters. The van der Waals surface area contributed by atoms with Crippen molar-refractivity contribution in [3.63, 3.8) is 0 Å². The Kier molecular flexibility index (Phi) is 3.65. The molecule has 16 heavy (non-hydrogen) atoms. The van der Waals surface area contributed by atoms with E-state index >= 15 is 0 Å². The van der Waals surface area contributed by atoms with Gasteiger partial charge in [-0.15, -0.1) is 11.1 Å². The van der Waals surface area contributed by atoms with Crippen LogP contribution in [0.25, 0.3) is 0 Å². The second-order valence-electron chi connectivity index (χ2n) is 3.62. The summed E-state index contributed by atoms with van der Waals surface area (Å²) in [5.41, 5.74) is 2.32. The van der Waals surface area contributed by atoms with Gasteiger partial charge in [-0.05, 0) is 29.8 Å². The summed E-state index contributed by atoms with van der Waals surface area (Å²) in [7, 11) is -1.23. The van der Waals surface area contributed by atoms with Crippen molar-refractivity contribution >= 4 is 30.2 Å². The molecule has 0 saturated carbocycles. The van der Waals surface area contributed by atoms with E-state index in [-0.39, 0.29) is 0 Å². The highest BCUT2D eigenvalue weighted by Crippen LogP contribution is 2.08. The molecule has 0 bridgehead atoms. The fourth-order valence-electron chi connectivity index (χ4n) is 1.53. The van der Waals surface area contributed by atoms with Crippen molar-refractivity contribution in [3.05, 3.63) is 60.2 Å². The van der Waals surface area contributed by atoms with Crippen LogP contribution in [-0.2, 0) is 0 Å². The molecule has 0 spiro atoms. The van der Waals surface area contributed by atoms with E-state index in [4.69, 9.17) is 11.1 Å². The maximum absolute atomic E-state index is 6.44. The molecule has 0 saturated heterocycles. The summed E-state index contributed by atoms with van der Waals surface area (Å²) < 4.78 is 0. The molecule has 1 nitrogen and oxygen atoms in total. The second-order valence-corrected chi connectivity index (χ2v) is 6.17. The summed E-state index contributed by atoms with van der Waals surface area (Å²) in [5.74, 6) is 0. The van der Waals surface area contributed by atoms with Gasteiger partial charge in [0.2, 0.25) is 0 Å². The van der Waals surface area contributed by atoms with E-state index in [0.717, 1.165) is 5.69 Å². The van der Waals surface area contributed by atoms with Gasteiger partial charge in [-0.2, -0.15) is 0 Å². The molecule has 0 aliphatic carbocycles. The van der Waals surface area contributed by atoms with Crippen molar-refractivity contribution in [1.29, 1.82) is 0 Å². The summed E-state index contributed by atoms with van der Waals surface area (Å²) in [6.07, 6.45) is 0. The van der Waals surface area contributed by atoms with Crippen molar-refractivity contribution in [2.24, 2.45) is 0 Å². The molecule has 2 aromatic rings. The zero-order valence-corrected chi connectivity index (χ0v) is 10.8. The lowest BCUT2D eigenvalue weighted by Gasteiger charge is -2.12. The van der Waals surface area contributed by atoms with Gasteiger partial charge < -0.3 is 4.98 Å². The maximum atomic E-state index is 6.44. The molecule has 0 aliphatic heterocycles. The highest BCUT2D eigenvalue weighted by Gasteiger charge is 2.13. The molecular formula is C13H13ClNSi. The van der Waals surface area contributed by atoms with Crippen LogP contribution in [0.2, 0.25) is 0 Å². The Hall–Kier alpha value is -1.25. The van der Waals surface area contributed by atoms with Gasteiger partial charge in [-0.25, -0.2) is 0 Å². The van der Waals surface area contributed by atoms with E-state index in [1.54, 1.807) is 0 Å².